The number of cyclic esters (lactones) is 1. The molecule has 28 heavy (non-hydrogen) atoms. The van der Waals surface area contributed by atoms with Crippen LogP contribution in [0.3, 0.4) is 0 Å². The highest BCUT2D eigenvalue weighted by molar-refractivity contribution is 5.93. The Morgan fingerprint density at radius 1 is 1.18 bits per heavy atom. The quantitative estimate of drug-likeness (QED) is 0.716. The van der Waals surface area contributed by atoms with Crippen LogP contribution in [0.4, 0.5) is 10.5 Å². The molecule has 0 aliphatic carbocycles. The van der Waals surface area contributed by atoms with E-state index in [0.717, 1.165) is 21.9 Å². The van der Waals surface area contributed by atoms with Crippen molar-refractivity contribution < 1.29 is 23.8 Å². The number of anilines is 1. The first-order chi connectivity index (χ1) is 13.7. The fraction of sp³-hybridized carbons (Fsp3) is 0.333. The third-order valence-electron chi connectivity index (χ3n) is 4.37. The molecular formula is C21H24N2O5. The molecule has 148 valence electrons. The normalized spacial score (nSPS) is 14.5. The van der Waals surface area contributed by atoms with Crippen molar-refractivity contribution in [2.45, 2.75) is 19.1 Å². The summed E-state index contributed by atoms with van der Waals surface area (Å²) in [5, 5.41) is 3.31. The summed E-state index contributed by atoms with van der Waals surface area (Å²) in [7, 11) is 1.61. The van der Waals surface area contributed by atoms with E-state index in [1.54, 1.807) is 7.11 Å². The second-order valence-corrected chi connectivity index (χ2v) is 6.43. The van der Waals surface area contributed by atoms with Gasteiger partial charge in [-0.25, -0.2) is 9.69 Å². The van der Waals surface area contributed by atoms with Crippen molar-refractivity contribution in [3.63, 3.8) is 0 Å². The number of imide groups is 1. The SMILES string of the molecule is COc1ccc(N[C@H](COCc2ccccc2)CC(=O)N2CCOC2=O)cc1. The van der Waals surface area contributed by atoms with Crippen LogP contribution in [0.15, 0.2) is 54.6 Å². The number of hydrogen-bond donors (Lipinski definition) is 1. The average Bonchev–Trinajstić information content (AvgIpc) is 3.15. The molecule has 0 bridgehead atoms. The van der Waals surface area contributed by atoms with Gasteiger partial charge in [0.05, 0.1) is 32.9 Å². The maximum absolute atomic E-state index is 12.5. The number of hydrogen-bond acceptors (Lipinski definition) is 6. The van der Waals surface area contributed by atoms with E-state index in [1.807, 2.05) is 54.6 Å². The van der Waals surface area contributed by atoms with Gasteiger partial charge in [0.25, 0.3) is 0 Å². The van der Waals surface area contributed by atoms with Gasteiger partial charge >= 0.3 is 6.09 Å². The van der Waals surface area contributed by atoms with Crippen molar-refractivity contribution in [2.75, 3.05) is 32.2 Å². The number of methoxy groups -OCH3 is 1. The Labute approximate surface area is 164 Å². The lowest BCUT2D eigenvalue weighted by Crippen LogP contribution is -2.37. The molecule has 1 aliphatic rings. The van der Waals surface area contributed by atoms with Crippen molar-refractivity contribution in [3.8, 4) is 5.75 Å². The first-order valence-electron chi connectivity index (χ1n) is 9.15. The molecular weight excluding hydrogens is 360 g/mol. The molecule has 1 saturated heterocycles. The number of carbonyl (C=O) groups is 2. The van der Waals surface area contributed by atoms with Crippen molar-refractivity contribution >= 4 is 17.7 Å². The zero-order valence-corrected chi connectivity index (χ0v) is 15.8. The maximum atomic E-state index is 12.5. The molecule has 1 heterocycles. The van der Waals surface area contributed by atoms with Crippen molar-refractivity contribution in [1.29, 1.82) is 0 Å². The predicted molar refractivity (Wildman–Crippen MR) is 104 cm³/mol. The summed E-state index contributed by atoms with van der Waals surface area (Å²) >= 11 is 0. The predicted octanol–water partition coefficient (Wildman–Crippen LogP) is 3.06. The average molecular weight is 384 g/mol. The highest BCUT2D eigenvalue weighted by Gasteiger charge is 2.30. The number of nitrogens with one attached hydrogen (secondary N) is 1. The van der Waals surface area contributed by atoms with Crippen LogP contribution >= 0.6 is 0 Å². The van der Waals surface area contributed by atoms with Crippen LogP contribution in [0.5, 0.6) is 5.75 Å². The summed E-state index contributed by atoms with van der Waals surface area (Å²) in [4.78, 5) is 25.3. The number of benzene rings is 2. The Morgan fingerprint density at radius 3 is 2.57 bits per heavy atom. The van der Waals surface area contributed by atoms with Gasteiger partial charge in [-0.05, 0) is 29.8 Å². The van der Waals surface area contributed by atoms with Gasteiger partial charge < -0.3 is 19.5 Å². The summed E-state index contributed by atoms with van der Waals surface area (Å²) in [6.07, 6.45) is -0.464. The van der Waals surface area contributed by atoms with E-state index in [-0.39, 0.29) is 31.5 Å². The van der Waals surface area contributed by atoms with Gasteiger partial charge in [-0.3, -0.25) is 4.79 Å². The number of nitrogens with zero attached hydrogens (tertiary/aromatic N) is 1. The van der Waals surface area contributed by atoms with E-state index in [2.05, 4.69) is 5.32 Å². The molecule has 1 atom stereocenters. The molecule has 1 fully saturated rings. The fourth-order valence-electron chi connectivity index (χ4n) is 2.91. The number of carbonyl (C=O) groups excluding carboxylic acids is 2. The van der Waals surface area contributed by atoms with Gasteiger partial charge in [0.1, 0.15) is 12.4 Å². The third-order valence-corrected chi connectivity index (χ3v) is 4.37. The topological polar surface area (TPSA) is 77.1 Å². The lowest BCUT2D eigenvalue weighted by Gasteiger charge is -2.21. The first-order valence-corrected chi connectivity index (χ1v) is 9.15. The van der Waals surface area contributed by atoms with Crippen LogP contribution in [0, 0.1) is 0 Å². The molecule has 3 rings (SSSR count). The lowest BCUT2D eigenvalue weighted by molar-refractivity contribution is -0.128. The standard InChI is InChI=1S/C21H24N2O5/c1-26-19-9-7-17(8-10-19)22-18(13-20(24)23-11-12-28-21(23)25)15-27-14-16-5-3-2-4-6-16/h2-10,18,22H,11-15H2,1H3/t18-/m0/s1. The van der Waals surface area contributed by atoms with Crippen molar-refractivity contribution in [1.82, 2.24) is 4.90 Å². The molecule has 2 aromatic rings. The molecule has 7 nitrogen and oxygen atoms in total. The maximum Gasteiger partial charge on any atom is 0.416 e. The van der Waals surface area contributed by atoms with E-state index in [1.165, 1.54) is 0 Å². The Morgan fingerprint density at radius 2 is 1.93 bits per heavy atom. The van der Waals surface area contributed by atoms with Crippen LogP contribution in [-0.4, -0.2) is 49.8 Å². The Bertz CT molecular complexity index is 779. The zero-order chi connectivity index (χ0) is 19.8. The summed E-state index contributed by atoms with van der Waals surface area (Å²) < 4.78 is 15.8. The molecule has 2 amide bonds. The van der Waals surface area contributed by atoms with Crippen LogP contribution < -0.4 is 10.1 Å². The number of rotatable bonds is 9. The lowest BCUT2D eigenvalue weighted by atomic mass is 10.1. The van der Waals surface area contributed by atoms with E-state index < -0.39 is 6.09 Å². The number of ether oxygens (including phenoxy) is 3. The highest BCUT2D eigenvalue weighted by atomic mass is 16.6. The van der Waals surface area contributed by atoms with Crippen LogP contribution in [-0.2, 0) is 20.9 Å². The van der Waals surface area contributed by atoms with Gasteiger partial charge in [0, 0.05) is 12.1 Å². The first kappa shape index (κ1) is 19.7. The monoisotopic (exact) mass is 384 g/mol. The fourth-order valence-corrected chi connectivity index (χ4v) is 2.91. The second kappa shape index (κ2) is 9.75. The minimum Gasteiger partial charge on any atom is -0.497 e. The molecule has 0 aromatic heterocycles. The minimum atomic E-state index is -0.585. The van der Waals surface area contributed by atoms with Crippen LogP contribution in [0.25, 0.3) is 0 Å². The Kier molecular flexibility index (Phi) is 6.86. The van der Waals surface area contributed by atoms with Crippen molar-refractivity contribution in [3.05, 3.63) is 60.2 Å². The molecule has 1 N–H and O–H groups in total. The molecule has 2 aromatic carbocycles. The van der Waals surface area contributed by atoms with Gasteiger partial charge in [-0.15, -0.1) is 0 Å². The summed E-state index contributed by atoms with van der Waals surface area (Å²) in [6, 6.07) is 16.9. The molecule has 0 radical (unpaired) electrons. The van der Waals surface area contributed by atoms with E-state index in [4.69, 9.17) is 14.2 Å². The number of amides is 2. The van der Waals surface area contributed by atoms with Crippen LogP contribution in [0.1, 0.15) is 12.0 Å². The van der Waals surface area contributed by atoms with E-state index >= 15 is 0 Å². The van der Waals surface area contributed by atoms with Crippen LogP contribution in [0.2, 0.25) is 0 Å². The molecule has 0 saturated carbocycles. The summed E-state index contributed by atoms with van der Waals surface area (Å²) in [5.41, 5.74) is 1.89. The summed E-state index contributed by atoms with van der Waals surface area (Å²) in [6.45, 7) is 1.29. The van der Waals surface area contributed by atoms with Gasteiger partial charge in [-0.1, -0.05) is 30.3 Å². The Balaban J connectivity index is 1.61. The van der Waals surface area contributed by atoms with Gasteiger partial charge in [0.15, 0.2) is 0 Å². The Hall–Kier alpha value is -3.06. The van der Waals surface area contributed by atoms with Crippen molar-refractivity contribution in [2.24, 2.45) is 0 Å². The zero-order valence-electron chi connectivity index (χ0n) is 15.8. The second-order valence-electron chi connectivity index (χ2n) is 6.43. The third kappa shape index (κ3) is 5.47. The molecule has 7 heteroatoms. The summed E-state index contributed by atoms with van der Waals surface area (Å²) in [5.74, 6) is 0.468. The highest BCUT2D eigenvalue weighted by Crippen LogP contribution is 2.18. The molecule has 1 aliphatic heterocycles. The minimum absolute atomic E-state index is 0.121. The molecule has 0 unspecified atom stereocenters. The van der Waals surface area contributed by atoms with Gasteiger partial charge in [-0.2, -0.15) is 0 Å². The van der Waals surface area contributed by atoms with Gasteiger partial charge in [0.2, 0.25) is 5.91 Å². The largest absolute Gasteiger partial charge is 0.497 e. The molecule has 0 spiro atoms. The smallest absolute Gasteiger partial charge is 0.416 e. The van der Waals surface area contributed by atoms with E-state index in [9.17, 15) is 9.59 Å². The van der Waals surface area contributed by atoms with E-state index in [0.29, 0.717) is 13.2 Å².